The summed E-state index contributed by atoms with van der Waals surface area (Å²) < 4.78 is 12.7. The molecule has 4 nitrogen and oxygen atoms in total. The first kappa shape index (κ1) is 12.6. The number of imidazole rings is 1. The lowest BCUT2D eigenvalue weighted by molar-refractivity contribution is -0.118. The van der Waals surface area contributed by atoms with Crippen molar-refractivity contribution in [1.29, 1.82) is 0 Å². The molecule has 6 heteroatoms. The van der Waals surface area contributed by atoms with E-state index in [1.165, 1.54) is 23.9 Å². The van der Waals surface area contributed by atoms with Crippen molar-refractivity contribution in [2.45, 2.75) is 11.4 Å². The van der Waals surface area contributed by atoms with Crippen LogP contribution in [0.25, 0.3) is 0 Å². The predicted molar refractivity (Wildman–Crippen MR) is 67.6 cm³/mol. The van der Waals surface area contributed by atoms with E-state index in [-0.39, 0.29) is 11.7 Å². The molecule has 0 radical (unpaired) electrons. The van der Waals surface area contributed by atoms with Gasteiger partial charge in [0.15, 0.2) is 0 Å². The van der Waals surface area contributed by atoms with Gasteiger partial charge in [0.2, 0.25) is 5.91 Å². The molecule has 0 unspecified atom stereocenters. The molecule has 0 saturated carbocycles. The van der Waals surface area contributed by atoms with Gasteiger partial charge in [-0.05, 0) is 24.3 Å². The number of nitrogens with one attached hydrogen (secondary N) is 2. The number of carbonyl (C=O) groups is 1. The first-order valence-corrected chi connectivity index (χ1v) is 6.35. The summed E-state index contributed by atoms with van der Waals surface area (Å²) in [7, 11) is 0. The highest BCUT2D eigenvalue weighted by Crippen LogP contribution is 2.17. The lowest BCUT2D eigenvalue weighted by atomic mass is 10.4. The van der Waals surface area contributed by atoms with E-state index in [1.54, 1.807) is 24.7 Å². The lowest BCUT2D eigenvalue weighted by Gasteiger charge is -2.03. The quantitative estimate of drug-likeness (QED) is 0.812. The summed E-state index contributed by atoms with van der Waals surface area (Å²) >= 11 is 1.37. The number of rotatable bonds is 5. The first-order valence-electron chi connectivity index (χ1n) is 5.36. The topological polar surface area (TPSA) is 57.8 Å². The largest absolute Gasteiger partial charge is 0.350 e. The van der Waals surface area contributed by atoms with Crippen LogP contribution >= 0.6 is 11.8 Å². The van der Waals surface area contributed by atoms with Crippen LogP contribution in [0.4, 0.5) is 4.39 Å². The Labute approximate surface area is 108 Å². The number of aromatic amines is 1. The SMILES string of the molecule is O=C(CSc1ccc(F)cc1)NCc1cnc[nH]1. The third-order valence-electron chi connectivity index (χ3n) is 2.21. The maximum atomic E-state index is 12.7. The Morgan fingerprint density at radius 1 is 1.39 bits per heavy atom. The number of hydrogen-bond acceptors (Lipinski definition) is 3. The predicted octanol–water partition coefficient (Wildman–Crippen LogP) is 1.96. The summed E-state index contributed by atoms with van der Waals surface area (Å²) in [5, 5.41) is 2.76. The van der Waals surface area contributed by atoms with Crippen LogP contribution in [0.2, 0.25) is 0 Å². The number of halogens is 1. The Kier molecular flexibility index (Phi) is 4.35. The van der Waals surface area contributed by atoms with Gasteiger partial charge in [0.05, 0.1) is 24.3 Å². The summed E-state index contributed by atoms with van der Waals surface area (Å²) in [6.07, 6.45) is 3.22. The van der Waals surface area contributed by atoms with Crippen LogP contribution in [0.1, 0.15) is 5.69 Å². The van der Waals surface area contributed by atoms with Crippen molar-refractivity contribution < 1.29 is 9.18 Å². The average Bonchev–Trinajstić information content (AvgIpc) is 2.89. The van der Waals surface area contributed by atoms with Crippen molar-refractivity contribution in [3.63, 3.8) is 0 Å². The molecule has 18 heavy (non-hydrogen) atoms. The molecule has 0 bridgehead atoms. The molecule has 2 rings (SSSR count). The summed E-state index contributed by atoms with van der Waals surface area (Å²) in [6, 6.07) is 6.07. The average molecular weight is 265 g/mol. The molecule has 1 aromatic carbocycles. The zero-order chi connectivity index (χ0) is 12.8. The molecule has 0 aliphatic carbocycles. The van der Waals surface area contributed by atoms with Crippen LogP contribution < -0.4 is 5.32 Å². The molecule has 2 N–H and O–H groups in total. The van der Waals surface area contributed by atoms with E-state index >= 15 is 0 Å². The highest BCUT2D eigenvalue weighted by molar-refractivity contribution is 8.00. The van der Waals surface area contributed by atoms with Gasteiger partial charge in [-0.3, -0.25) is 4.79 Å². The van der Waals surface area contributed by atoms with Gasteiger partial charge in [0.1, 0.15) is 5.82 Å². The van der Waals surface area contributed by atoms with Gasteiger partial charge >= 0.3 is 0 Å². The number of aromatic nitrogens is 2. The van der Waals surface area contributed by atoms with Crippen LogP contribution in [0.15, 0.2) is 41.7 Å². The summed E-state index contributed by atoms with van der Waals surface area (Å²) in [6.45, 7) is 0.433. The number of carbonyl (C=O) groups excluding carboxylic acids is 1. The van der Waals surface area contributed by atoms with Crippen LogP contribution in [0.3, 0.4) is 0 Å². The molecule has 0 saturated heterocycles. The monoisotopic (exact) mass is 265 g/mol. The van der Waals surface area contributed by atoms with Crippen molar-refractivity contribution in [1.82, 2.24) is 15.3 Å². The number of amides is 1. The Balaban J connectivity index is 1.73. The third kappa shape index (κ3) is 3.89. The van der Waals surface area contributed by atoms with Crippen LogP contribution in [0, 0.1) is 5.82 Å². The second-order valence-corrected chi connectivity index (χ2v) is 4.64. The second kappa shape index (κ2) is 6.20. The molecule has 0 spiro atoms. The fourth-order valence-electron chi connectivity index (χ4n) is 1.31. The van der Waals surface area contributed by atoms with Gasteiger partial charge in [-0.25, -0.2) is 9.37 Å². The van der Waals surface area contributed by atoms with Gasteiger partial charge in [-0.1, -0.05) is 0 Å². The number of hydrogen-bond donors (Lipinski definition) is 2. The maximum Gasteiger partial charge on any atom is 0.230 e. The van der Waals surface area contributed by atoms with Gasteiger partial charge in [0, 0.05) is 11.1 Å². The summed E-state index contributed by atoms with van der Waals surface area (Å²) in [5.41, 5.74) is 0.857. The summed E-state index contributed by atoms with van der Waals surface area (Å²) in [5.74, 6) is -0.0401. The van der Waals surface area contributed by atoms with Crippen LogP contribution in [-0.2, 0) is 11.3 Å². The molecular weight excluding hydrogens is 253 g/mol. The molecular formula is C12H12FN3OS. The molecule has 0 fully saturated rings. The number of benzene rings is 1. The van der Waals surface area contributed by atoms with Crippen molar-refractivity contribution in [3.05, 3.63) is 48.3 Å². The second-order valence-electron chi connectivity index (χ2n) is 3.60. The van der Waals surface area contributed by atoms with E-state index in [2.05, 4.69) is 15.3 Å². The highest BCUT2D eigenvalue weighted by Gasteiger charge is 2.03. The van der Waals surface area contributed by atoms with E-state index in [1.807, 2.05) is 0 Å². The van der Waals surface area contributed by atoms with E-state index < -0.39 is 0 Å². The van der Waals surface area contributed by atoms with E-state index in [0.717, 1.165) is 10.6 Å². The van der Waals surface area contributed by atoms with Gasteiger partial charge in [0.25, 0.3) is 0 Å². The normalized spacial score (nSPS) is 10.3. The Morgan fingerprint density at radius 3 is 2.83 bits per heavy atom. The number of nitrogens with zero attached hydrogens (tertiary/aromatic N) is 1. The van der Waals surface area contributed by atoms with Crippen molar-refractivity contribution in [2.75, 3.05) is 5.75 Å². The smallest absolute Gasteiger partial charge is 0.230 e. The molecule has 2 aromatic rings. The molecule has 94 valence electrons. The van der Waals surface area contributed by atoms with E-state index in [0.29, 0.717) is 12.3 Å². The Morgan fingerprint density at radius 2 is 2.17 bits per heavy atom. The Hall–Kier alpha value is -1.82. The fourth-order valence-corrected chi connectivity index (χ4v) is 2.03. The van der Waals surface area contributed by atoms with Gasteiger partial charge in [-0.15, -0.1) is 11.8 Å². The van der Waals surface area contributed by atoms with E-state index in [9.17, 15) is 9.18 Å². The molecule has 0 atom stereocenters. The van der Waals surface area contributed by atoms with Crippen molar-refractivity contribution in [2.24, 2.45) is 0 Å². The maximum absolute atomic E-state index is 12.7. The standard InChI is InChI=1S/C12H12FN3OS/c13-9-1-3-11(4-2-9)18-7-12(17)15-6-10-5-14-8-16-10/h1-5,8H,6-7H2,(H,14,16)(H,15,17). The molecule has 0 aliphatic rings. The zero-order valence-corrected chi connectivity index (χ0v) is 10.3. The van der Waals surface area contributed by atoms with Crippen LogP contribution in [-0.4, -0.2) is 21.6 Å². The number of thioether (sulfide) groups is 1. The molecule has 1 aromatic heterocycles. The van der Waals surface area contributed by atoms with E-state index in [4.69, 9.17) is 0 Å². The lowest BCUT2D eigenvalue weighted by Crippen LogP contribution is -2.24. The minimum atomic E-state index is -0.275. The molecule has 1 amide bonds. The zero-order valence-electron chi connectivity index (χ0n) is 9.52. The van der Waals surface area contributed by atoms with Crippen molar-refractivity contribution in [3.8, 4) is 0 Å². The first-order chi connectivity index (χ1) is 8.74. The minimum Gasteiger partial charge on any atom is -0.350 e. The fraction of sp³-hybridized carbons (Fsp3) is 0.167. The number of H-pyrrole nitrogens is 1. The van der Waals surface area contributed by atoms with Gasteiger partial charge < -0.3 is 10.3 Å². The molecule has 1 heterocycles. The van der Waals surface area contributed by atoms with Crippen molar-refractivity contribution >= 4 is 17.7 Å². The Bertz CT molecular complexity index is 499. The third-order valence-corrected chi connectivity index (χ3v) is 3.23. The molecule has 0 aliphatic heterocycles. The van der Waals surface area contributed by atoms with Gasteiger partial charge in [-0.2, -0.15) is 0 Å². The van der Waals surface area contributed by atoms with Crippen LogP contribution in [0.5, 0.6) is 0 Å². The summed E-state index contributed by atoms with van der Waals surface area (Å²) in [4.78, 5) is 19.2. The minimum absolute atomic E-state index is 0.0704. The highest BCUT2D eigenvalue weighted by atomic mass is 32.2.